The standard InChI is InChI=1S/C7H10N2O/c1-5-6(2)9-7(8-5)3-4-10/h4H,3H2,1-2H3,(H,8,9). The fraction of sp³-hybridized carbons (Fsp3) is 0.429. The number of aromatic amines is 1. The lowest BCUT2D eigenvalue weighted by Crippen LogP contribution is -1.87. The van der Waals surface area contributed by atoms with E-state index in [9.17, 15) is 4.79 Å². The van der Waals surface area contributed by atoms with Crippen molar-refractivity contribution in [2.24, 2.45) is 0 Å². The van der Waals surface area contributed by atoms with E-state index in [1.165, 1.54) is 0 Å². The summed E-state index contributed by atoms with van der Waals surface area (Å²) < 4.78 is 0. The number of hydrogen-bond acceptors (Lipinski definition) is 2. The number of nitrogens with one attached hydrogen (secondary N) is 1. The van der Waals surface area contributed by atoms with Crippen molar-refractivity contribution >= 4 is 6.29 Å². The summed E-state index contributed by atoms with van der Waals surface area (Å²) >= 11 is 0. The van der Waals surface area contributed by atoms with Gasteiger partial charge in [-0.15, -0.1) is 0 Å². The van der Waals surface area contributed by atoms with Gasteiger partial charge in [-0.2, -0.15) is 0 Å². The minimum Gasteiger partial charge on any atom is -0.346 e. The lowest BCUT2D eigenvalue weighted by molar-refractivity contribution is -0.107. The molecule has 1 rings (SSSR count). The number of rotatable bonds is 2. The zero-order valence-electron chi connectivity index (χ0n) is 6.14. The SMILES string of the molecule is Cc1nc(CC=O)[nH]c1C. The van der Waals surface area contributed by atoms with Gasteiger partial charge >= 0.3 is 0 Å². The molecule has 0 bridgehead atoms. The molecule has 0 aromatic carbocycles. The average molecular weight is 138 g/mol. The van der Waals surface area contributed by atoms with Gasteiger partial charge in [0, 0.05) is 5.69 Å². The Labute approximate surface area is 59.5 Å². The van der Waals surface area contributed by atoms with Crippen LogP contribution in [-0.4, -0.2) is 16.3 Å². The maximum Gasteiger partial charge on any atom is 0.127 e. The zero-order chi connectivity index (χ0) is 7.56. The van der Waals surface area contributed by atoms with E-state index in [-0.39, 0.29) is 0 Å². The Morgan fingerprint density at radius 1 is 1.60 bits per heavy atom. The van der Waals surface area contributed by atoms with Gasteiger partial charge < -0.3 is 9.78 Å². The minimum atomic E-state index is 0.384. The molecule has 1 heterocycles. The highest BCUT2D eigenvalue weighted by molar-refractivity contribution is 5.52. The molecule has 0 spiro atoms. The van der Waals surface area contributed by atoms with E-state index >= 15 is 0 Å². The molecule has 0 unspecified atom stereocenters. The van der Waals surface area contributed by atoms with Gasteiger partial charge in [0.1, 0.15) is 12.1 Å². The first-order chi connectivity index (χ1) is 4.74. The van der Waals surface area contributed by atoms with Gasteiger partial charge in [0.2, 0.25) is 0 Å². The highest BCUT2D eigenvalue weighted by Crippen LogP contribution is 2.01. The van der Waals surface area contributed by atoms with Gasteiger partial charge in [-0.25, -0.2) is 4.98 Å². The summed E-state index contributed by atoms with van der Waals surface area (Å²) in [6.07, 6.45) is 1.23. The number of aldehydes is 1. The molecule has 0 saturated heterocycles. The van der Waals surface area contributed by atoms with Gasteiger partial charge in [-0.3, -0.25) is 0 Å². The highest BCUT2D eigenvalue weighted by atomic mass is 16.1. The Hall–Kier alpha value is -1.12. The maximum absolute atomic E-state index is 10.0. The summed E-state index contributed by atoms with van der Waals surface area (Å²) in [6, 6.07) is 0. The van der Waals surface area contributed by atoms with Crippen LogP contribution in [0.5, 0.6) is 0 Å². The number of hydrogen-bond donors (Lipinski definition) is 1. The van der Waals surface area contributed by atoms with Crippen LogP contribution < -0.4 is 0 Å². The van der Waals surface area contributed by atoms with Gasteiger partial charge in [-0.05, 0) is 13.8 Å². The van der Waals surface area contributed by atoms with Crippen LogP contribution in [0.2, 0.25) is 0 Å². The molecule has 3 heteroatoms. The van der Waals surface area contributed by atoms with Crippen LogP contribution in [0.1, 0.15) is 17.2 Å². The second-order valence-corrected chi connectivity index (χ2v) is 2.26. The predicted octanol–water partition coefficient (Wildman–Crippen LogP) is 0.768. The van der Waals surface area contributed by atoms with Gasteiger partial charge in [0.15, 0.2) is 0 Å². The van der Waals surface area contributed by atoms with Crippen LogP contribution in [0, 0.1) is 13.8 Å². The quantitative estimate of drug-likeness (QED) is 0.613. The Morgan fingerprint density at radius 2 is 2.30 bits per heavy atom. The van der Waals surface area contributed by atoms with E-state index in [0.29, 0.717) is 6.42 Å². The molecule has 0 radical (unpaired) electrons. The molecule has 0 fully saturated rings. The van der Waals surface area contributed by atoms with Crippen molar-refractivity contribution in [1.82, 2.24) is 9.97 Å². The second-order valence-electron chi connectivity index (χ2n) is 2.26. The van der Waals surface area contributed by atoms with Crippen molar-refractivity contribution in [3.8, 4) is 0 Å². The van der Waals surface area contributed by atoms with E-state index in [2.05, 4.69) is 9.97 Å². The first kappa shape index (κ1) is 6.99. The lowest BCUT2D eigenvalue weighted by Gasteiger charge is -1.81. The summed E-state index contributed by atoms with van der Waals surface area (Å²) in [5.74, 6) is 0.755. The summed E-state index contributed by atoms with van der Waals surface area (Å²) in [5, 5.41) is 0. The van der Waals surface area contributed by atoms with Gasteiger partial charge in [0.05, 0.1) is 12.1 Å². The van der Waals surface area contributed by atoms with Crippen LogP contribution in [-0.2, 0) is 11.2 Å². The third kappa shape index (κ3) is 1.23. The molecular formula is C7H10N2O. The number of carbonyl (C=O) groups is 1. The topological polar surface area (TPSA) is 45.8 Å². The van der Waals surface area contributed by atoms with Crippen molar-refractivity contribution in [3.05, 3.63) is 17.2 Å². The third-order valence-corrected chi connectivity index (χ3v) is 1.45. The van der Waals surface area contributed by atoms with Crippen molar-refractivity contribution in [3.63, 3.8) is 0 Å². The Kier molecular flexibility index (Phi) is 1.85. The number of carbonyl (C=O) groups excluding carboxylic acids is 1. The summed E-state index contributed by atoms with van der Waals surface area (Å²) in [7, 11) is 0. The molecule has 1 N–H and O–H groups in total. The molecule has 0 aliphatic rings. The monoisotopic (exact) mass is 138 g/mol. The summed E-state index contributed by atoms with van der Waals surface area (Å²) in [4.78, 5) is 17.2. The first-order valence-corrected chi connectivity index (χ1v) is 3.19. The van der Waals surface area contributed by atoms with E-state index in [0.717, 1.165) is 23.5 Å². The van der Waals surface area contributed by atoms with Crippen LogP contribution in [0.25, 0.3) is 0 Å². The predicted molar refractivity (Wildman–Crippen MR) is 37.8 cm³/mol. The zero-order valence-corrected chi connectivity index (χ0v) is 6.14. The van der Waals surface area contributed by atoms with Crippen molar-refractivity contribution in [2.45, 2.75) is 20.3 Å². The smallest absolute Gasteiger partial charge is 0.127 e. The normalized spacial score (nSPS) is 9.80. The number of nitrogens with zero attached hydrogens (tertiary/aromatic N) is 1. The average Bonchev–Trinajstić information content (AvgIpc) is 2.14. The molecule has 1 aromatic rings. The summed E-state index contributed by atoms with van der Waals surface area (Å²) in [5.41, 5.74) is 2.01. The molecule has 3 nitrogen and oxygen atoms in total. The van der Waals surface area contributed by atoms with Crippen LogP contribution in [0.3, 0.4) is 0 Å². The van der Waals surface area contributed by atoms with Crippen LogP contribution >= 0.6 is 0 Å². The minimum absolute atomic E-state index is 0.384. The molecule has 10 heavy (non-hydrogen) atoms. The lowest BCUT2D eigenvalue weighted by atomic mass is 10.4. The first-order valence-electron chi connectivity index (χ1n) is 3.19. The van der Waals surface area contributed by atoms with Crippen LogP contribution in [0.4, 0.5) is 0 Å². The van der Waals surface area contributed by atoms with Crippen molar-refractivity contribution < 1.29 is 4.79 Å². The van der Waals surface area contributed by atoms with E-state index in [4.69, 9.17) is 0 Å². The Bertz CT molecular complexity index is 220. The van der Waals surface area contributed by atoms with Gasteiger partial charge in [-0.1, -0.05) is 0 Å². The number of H-pyrrole nitrogens is 1. The molecule has 0 amide bonds. The number of aromatic nitrogens is 2. The molecular weight excluding hydrogens is 128 g/mol. The maximum atomic E-state index is 10.0. The van der Waals surface area contributed by atoms with Crippen LogP contribution in [0.15, 0.2) is 0 Å². The molecule has 0 aliphatic heterocycles. The summed E-state index contributed by atoms with van der Waals surface area (Å²) in [6.45, 7) is 3.86. The number of aryl methyl sites for hydroxylation is 2. The van der Waals surface area contributed by atoms with E-state index in [1.807, 2.05) is 13.8 Å². The van der Waals surface area contributed by atoms with Gasteiger partial charge in [0.25, 0.3) is 0 Å². The van der Waals surface area contributed by atoms with Crippen molar-refractivity contribution in [1.29, 1.82) is 0 Å². The van der Waals surface area contributed by atoms with E-state index < -0.39 is 0 Å². The number of imidazole rings is 1. The third-order valence-electron chi connectivity index (χ3n) is 1.45. The fourth-order valence-electron chi connectivity index (χ4n) is 0.797. The Balaban J connectivity index is 2.86. The second kappa shape index (κ2) is 2.64. The highest BCUT2D eigenvalue weighted by Gasteiger charge is 1.99. The molecule has 0 aliphatic carbocycles. The largest absolute Gasteiger partial charge is 0.346 e. The molecule has 0 atom stereocenters. The molecule has 54 valence electrons. The fourth-order valence-corrected chi connectivity index (χ4v) is 0.797. The van der Waals surface area contributed by atoms with Crippen molar-refractivity contribution in [2.75, 3.05) is 0 Å². The Morgan fingerprint density at radius 3 is 2.70 bits per heavy atom. The molecule has 0 saturated carbocycles. The van der Waals surface area contributed by atoms with E-state index in [1.54, 1.807) is 0 Å². The molecule has 1 aromatic heterocycles.